The summed E-state index contributed by atoms with van der Waals surface area (Å²) in [6.45, 7) is 8.30. The normalized spacial score (nSPS) is 11.3. The molecule has 0 N–H and O–H groups in total. The lowest BCUT2D eigenvalue weighted by molar-refractivity contribution is -0.118. The number of ether oxygens (including phenoxy) is 1. The fourth-order valence-electron chi connectivity index (χ4n) is 4.10. The van der Waals surface area contributed by atoms with E-state index in [1.807, 2.05) is 42.5 Å². The molecule has 3 rings (SSSR count). The lowest BCUT2D eigenvalue weighted by Gasteiger charge is -2.42. The van der Waals surface area contributed by atoms with Crippen molar-refractivity contribution in [3.8, 4) is 0 Å². The summed E-state index contributed by atoms with van der Waals surface area (Å²) in [7, 11) is -2.65. The second-order valence-corrected chi connectivity index (χ2v) is 13.6. The van der Waals surface area contributed by atoms with Gasteiger partial charge in [-0.05, 0) is 40.5 Å². The summed E-state index contributed by atoms with van der Waals surface area (Å²) in [5.74, 6) is -0.818. The minimum Gasteiger partial charge on any atom is -0.454 e. The first-order valence-corrected chi connectivity index (χ1v) is 13.6. The van der Waals surface area contributed by atoms with Gasteiger partial charge in [0.15, 0.2) is 6.61 Å². The summed E-state index contributed by atoms with van der Waals surface area (Å²) in [6.07, 6.45) is 1.74. The summed E-state index contributed by atoms with van der Waals surface area (Å²) in [5.41, 5.74) is 3.82. The van der Waals surface area contributed by atoms with Gasteiger partial charge in [-0.25, -0.2) is 4.79 Å². The van der Waals surface area contributed by atoms with E-state index in [0.717, 1.165) is 0 Å². The summed E-state index contributed by atoms with van der Waals surface area (Å²) in [5, 5.41) is 2.25. The van der Waals surface area contributed by atoms with E-state index in [1.165, 1.54) is 10.4 Å². The summed E-state index contributed by atoms with van der Waals surface area (Å²) >= 11 is 0. The van der Waals surface area contributed by atoms with Crippen LogP contribution < -0.4 is 10.4 Å². The number of hydrogen-bond acceptors (Lipinski definition) is 4. The Labute approximate surface area is 209 Å². The van der Waals surface area contributed by atoms with Crippen molar-refractivity contribution in [3.05, 3.63) is 114 Å². The Morgan fingerprint density at radius 2 is 1.31 bits per heavy atom. The van der Waals surface area contributed by atoms with E-state index < -0.39 is 14.3 Å². The molecule has 0 amide bonds. The molecule has 5 heteroatoms. The van der Waals surface area contributed by atoms with E-state index in [4.69, 9.17) is 9.16 Å². The summed E-state index contributed by atoms with van der Waals surface area (Å²) in [4.78, 5) is 24.5. The van der Waals surface area contributed by atoms with Crippen molar-refractivity contribution in [2.24, 2.45) is 0 Å². The third kappa shape index (κ3) is 6.34. The highest BCUT2D eigenvalue weighted by molar-refractivity contribution is 6.99. The van der Waals surface area contributed by atoms with Gasteiger partial charge in [-0.2, -0.15) is 0 Å². The molecule has 0 unspecified atom stereocenters. The highest BCUT2D eigenvalue weighted by Gasteiger charge is 2.49. The van der Waals surface area contributed by atoms with Crippen LogP contribution in [0.3, 0.4) is 0 Å². The third-order valence-corrected chi connectivity index (χ3v) is 10.9. The zero-order chi connectivity index (χ0) is 25.3. The smallest absolute Gasteiger partial charge is 0.338 e. The number of benzene rings is 3. The van der Waals surface area contributed by atoms with E-state index in [2.05, 4.69) is 50.8 Å². The van der Waals surface area contributed by atoms with Crippen LogP contribution in [-0.4, -0.2) is 33.3 Å². The maximum Gasteiger partial charge on any atom is 0.338 e. The molecule has 4 nitrogen and oxygen atoms in total. The SMILES string of the molecule is CC(=C=CCO[Si](c1ccccc1)(c1ccccc1)C(C)(C)C)C(=O)COC(=O)c1ccccc1. The van der Waals surface area contributed by atoms with Gasteiger partial charge >= 0.3 is 5.97 Å². The molecule has 0 aliphatic rings. The van der Waals surface area contributed by atoms with Crippen LogP contribution in [0.1, 0.15) is 38.1 Å². The molecular weight excluding hydrogens is 452 g/mol. The average Bonchev–Trinajstić information content (AvgIpc) is 2.87. The zero-order valence-electron chi connectivity index (χ0n) is 20.8. The quantitative estimate of drug-likeness (QED) is 0.184. The Kier molecular flexibility index (Phi) is 8.77. The van der Waals surface area contributed by atoms with Gasteiger partial charge in [0, 0.05) is 5.57 Å². The molecule has 35 heavy (non-hydrogen) atoms. The Morgan fingerprint density at radius 3 is 1.80 bits per heavy atom. The molecule has 0 radical (unpaired) electrons. The maximum atomic E-state index is 12.4. The van der Waals surface area contributed by atoms with Gasteiger partial charge in [-0.15, -0.1) is 5.73 Å². The number of carbonyl (C=O) groups is 2. The first kappa shape index (κ1) is 26.1. The molecule has 0 aliphatic carbocycles. The molecule has 0 fully saturated rings. The van der Waals surface area contributed by atoms with Gasteiger partial charge in [0.05, 0.1) is 12.2 Å². The number of Topliss-reactive ketones (excluding diaryl/α,β-unsaturated/α-hetero) is 1. The lowest BCUT2D eigenvalue weighted by Crippen LogP contribution is -2.66. The molecule has 3 aromatic rings. The number of rotatable bonds is 9. The van der Waals surface area contributed by atoms with Gasteiger partial charge in [0.1, 0.15) is 0 Å². The molecule has 0 saturated carbocycles. The second kappa shape index (κ2) is 11.8. The fourth-order valence-corrected chi connectivity index (χ4v) is 8.59. The second-order valence-electron chi connectivity index (χ2n) is 9.31. The average molecular weight is 485 g/mol. The Hall–Kier alpha value is -3.50. The Morgan fingerprint density at radius 1 is 0.829 bits per heavy atom. The largest absolute Gasteiger partial charge is 0.454 e. The van der Waals surface area contributed by atoms with Crippen LogP contribution in [0.15, 0.2) is 108 Å². The molecule has 180 valence electrons. The van der Waals surface area contributed by atoms with E-state index in [9.17, 15) is 9.59 Å². The van der Waals surface area contributed by atoms with Crippen molar-refractivity contribution >= 4 is 30.4 Å². The van der Waals surface area contributed by atoms with Crippen LogP contribution in [0.4, 0.5) is 0 Å². The standard InChI is InChI=1S/C30H32O4Si/c1-24(28(31)23-33-29(32)25-16-8-5-9-17-25)15-14-22-34-35(30(2,3)4,26-18-10-6-11-19-26)27-20-12-7-13-21-27/h5-14,16-21H,22-23H2,1-4H3. The number of esters is 1. The predicted molar refractivity (Wildman–Crippen MR) is 143 cm³/mol. The molecule has 0 aliphatic heterocycles. The third-order valence-electron chi connectivity index (χ3n) is 5.88. The van der Waals surface area contributed by atoms with Gasteiger partial charge in [0.25, 0.3) is 8.32 Å². The van der Waals surface area contributed by atoms with Crippen LogP contribution in [0.5, 0.6) is 0 Å². The van der Waals surface area contributed by atoms with E-state index in [0.29, 0.717) is 17.7 Å². The van der Waals surface area contributed by atoms with Crippen molar-refractivity contribution in [1.82, 2.24) is 0 Å². The van der Waals surface area contributed by atoms with Gasteiger partial charge in [-0.1, -0.05) is 99.6 Å². The van der Waals surface area contributed by atoms with Crippen molar-refractivity contribution in [2.45, 2.75) is 32.7 Å². The minimum atomic E-state index is -2.65. The van der Waals surface area contributed by atoms with Crippen LogP contribution in [0, 0.1) is 0 Å². The topological polar surface area (TPSA) is 52.6 Å². The molecule has 0 saturated heterocycles. The van der Waals surface area contributed by atoms with Crippen LogP contribution in [0.25, 0.3) is 0 Å². The molecule has 0 spiro atoms. The van der Waals surface area contributed by atoms with E-state index in [1.54, 1.807) is 37.3 Å². The van der Waals surface area contributed by atoms with Gasteiger partial charge in [-0.3, -0.25) is 4.79 Å². The highest BCUT2D eigenvalue weighted by Crippen LogP contribution is 2.36. The Bertz CT molecular complexity index is 1150. The Balaban J connectivity index is 1.77. The van der Waals surface area contributed by atoms with Crippen molar-refractivity contribution < 1.29 is 18.8 Å². The van der Waals surface area contributed by atoms with Gasteiger partial charge < -0.3 is 9.16 Å². The number of hydrogen-bond donors (Lipinski definition) is 0. The fraction of sp³-hybridized carbons (Fsp3) is 0.233. The van der Waals surface area contributed by atoms with Crippen molar-refractivity contribution in [1.29, 1.82) is 0 Å². The summed E-state index contributed by atoms with van der Waals surface area (Å²) < 4.78 is 11.9. The monoisotopic (exact) mass is 484 g/mol. The zero-order valence-corrected chi connectivity index (χ0v) is 21.8. The van der Waals surface area contributed by atoms with Crippen LogP contribution >= 0.6 is 0 Å². The van der Waals surface area contributed by atoms with E-state index in [-0.39, 0.29) is 17.4 Å². The maximum absolute atomic E-state index is 12.4. The van der Waals surface area contributed by atoms with Crippen LogP contribution in [-0.2, 0) is 14.0 Å². The van der Waals surface area contributed by atoms with Crippen molar-refractivity contribution in [2.75, 3.05) is 13.2 Å². The first-order chi connectivity index (χ1) is 16.8. The van der Waals surface area contributed by atoms with Gasteiger partial charge in [0.2, 0.25) is 5.78 Å². The predicted octanol–water partition coefficient (Wildman–Crippen LogP) is 5.09. The lowest BCUT2D eigenvalue weighted by atomic mass is 10.2. The highest BCUT2D eigenvalue weighted by atomic mass is 28.4. The molecular formula is C30H32O4Si. The molecule has 0 aromatic heterocycles. The molecule has 3 aromatic carbocycles. The molecule has 0 bridgehead atoms. The first-order valence-electron chi connectivity index (χ1n) is 11.7. The number of carbonyl (C=O) groups excluding carboxylic acids is 2. The molecule has 0 atom stereocenters. The molecule has 0 heterocycles. The summed E-state index contributed by atoms with van der Waals surface area (Å²) in [6, 6.07) is 29.4. The van der Waals surface area contributed by atoms with Crippen LogP contribution in [0.2, 0.25) is 5.04 Å². The number of ketones is 1. The van der Waals surface area contributed by atoms with E-state index >= 15 is 0 Å². The van der Waals surface area contributed by atoms with Crippen molar-refractivity contribution in [3.63, 3.8) is 0 Å². The minimum absolute atomic E-state index is 0.135.